The molecule has 6 aromatic rings. The third-order valence-electron chi connectivity index (χ3n) is 8.52. The van der Waals surface area contributed by atoms with Crippen molar-refractivity contribution in [3.63, 3.8) is 0 Å². The molecule has 0 amide bonds. The number of benzene rings is 5. The summed E-state index contributed by atoms with van der Waals surface area (Å²) in [5.74, 6) is 0.921. The molecule has 2 aliphatic rings. The van der Waals surface area contributed by atoms with Crippen LogP contribution in [0, 0.1) is 0 Å². The molecular formula is C35H28N3OPS. The number of fused-ring (bicyclic) bond motifs is 7. The van der Waals surface area contributed by atoms with Gasteiger partial charge in [-0.2, -0.15) is 0 Å². The Kier molecular flexibility index (Phi) is 5.36. The Bertz CT molecular complexity index is 1900. The molecule has 1 aromatic heterocycles. The standard InChI is InChI=1S/C35H28N3OPS/c1-40(39,25-15-7-3-8-16-25,26-17-9-4-10-18-26)27-21-22-31-30(23-27)38-34-33(37-35(38)41-31)29-20-12-11-19-28(29)32(36-34)24-13-5-2-6-14-24/h2-23,35,37,39H,1H3. The molecule has 2 N–H and O–H groups in total. The third kappa shape index (κ3) is 3.53. The van der Waals surface area contributed by atoms with Gasteiger partial charge in [0.15, 0.2) is 0 Å². The van der Waals surface area contributed by atoms with E-state index in [1.54, 1.807) is 11.8 Å². The zero-order valence-electron chi connectivity index (χ0n) is 22.5. The first-order valence-electron chi connectivity index (χ1n) is 13.7. The predicted octanol–water partition coefficient (Wildman–Crippen LogP) is 7.22. The average molecular weight is 570 g/mol. The molecule has 8 rings (SSSR count). The predicted molar refractivity (Wildman–Crippen MR) is 176 cm³/mol. The van der Waals surface area contributed by atoms with Crippen molar-refractivity contribution in [2.45, 2.75) is 10.4 Å². The van der Waals surface area contributed by atoms with Crippen molar-refractivity contribution in [2.24, 2.45) is 0 Å². The van der Waals surface area contributed by atoms with E-state index in [0.717, 1.165) is 55.1 Å². The fourth-order valence-corrected chi connectivity index (χ4v) is 11.0. The molecule has 3 heterocycles. The molecule has 0 saturated carbocycles. The summed E-state index contributed by atoms with van der Waals surface area (Å²) in [7, 11) is 0. The second-order valence-electron chi connectivity index (χ2n) is 10.9. The Labute approximate surface area is 243 Å². The number of hydrogen-bond donors (Lipinski definition) is 2. The van der Waals surface area contributed by atoms with Crippen LogP contribution in [0.25, 0.3) is 22.0 Å². The number of aromatic nitrogens is 1. The molecule has 6 heteroatoms. The van der Waals surface area contributed by atoms with Crippen molar-refractivity contribution in [1.82, 2.24) is 4.98 Å². The van der Waals surface area contributed by atoms with E-state index in [4.69, 9.17) is 4.98 Å². The van der Waals surface area contributed by atoms with Crippen LogP contribution in [0.15, 0.2) is 138 Å². The van der Waals surface area contributed by atoms with Gasteiger partial charge in [0.1, 0.15) is 0 Å². The fraction of sp³-hybridized carbons (Fsp3) is 0.0571. The van der Waals surface area contributed by atoms with Crippen molar-refractivity contribution in [3.8, 4) is 11.3 Å². The molecule has 4 nitrogen and oxygen atoms in total. The van der Waals surface area contributed by atoms with Crippen LogP contribution in [-0.4, -0.2) is 22.0 Å². The summed E-state index contributed by atoms with van der Waals surface area (Å²) in [6.07, 6.45) is 0. The van der Waals surface area contributed by atoms with Crippen LogP contribution < -0.4 is 26.1 Å². The average Bonchev–Trinajstić information content (AvgIpc) is 3.58. The van der Waals surface area contributed by atoms with Gasteiger partial charge in [0, 0.05) is 0 Å². The Hall–Kier alpha value is -4.15. The fourth-order valence-electron chi connectivity index (χ4n) is 6.29. The molecule has 0 fully saturated rings. The Morgan fingerprint density at radius 2 is 1.29 bits per heavy atom. The Morgan fingerprint density at radius 3 is 1.95 bits per heavy atom. The topological polar surface area (TPSA) is 48.4 Å². The molecule has 1 atom stereocenters. The van der Waals surface area contributed by atoms with Crippen LogP contribution in [0.2, 0.25) is 0 Å². The second-order valence-corrected chi connectivity index (χ2v) is 16.6. The number of pyridine rings is 1. The van der Waals surface area contributed by atoms with Gasteiger partial charge >= 0.3 is 244 Å². The van der Waals surface area contributed by atoms with Crippen molar-refractivity contribution in [1.29, 1.82) is 0 Å². The summed E-state index contributed by atoms with van der Waals surface area (Å²) in [5.41, 5.74) is 4.19. The normalized spacial score (nSPS) is 16.4. The van der Waals surface area contributed by atoms with Crippen LogP contribution in [0.1, 0.15) is 0 Å². The van der Waals surface area contributed by atoms with E-state index in [9.17, 15) is 4.89 Å². The second kappa shape index (κ2) is 8.92. The van der Waals surface area contributed by atoms with Gasteiger partial charge in [0.05, 0.1) is 0 Å². The molecule has 0 radical (unpaired) electrons. The van der Waals surface area contributed by atoms with Gasteiger partial charge in [-0.3, -0.25) is 0 Å². The van der Waals surface area contributed by atoms with Crippen LogP contribution in [0.3, 0.4) is 0 Å². The SMILES string of the molecule is CP(O)(c1ccccc1)(c1ccccc1)c1ccc2c(c1)N1c3nc(-c4ccccc4)c4ccccc4c3NC1S2. The minimum absolute atomic E-state index is 0.00723. The Morgan fingerprint density at radius 1 is 0.707 bits per heavy atom. The molecule has 0 aliphatic carbocycles. The minimum atomic E-state index is -3.75. The first kappa shape index (κ1) is 24.6. The van der Waals surface area contributed by atoms with Gasteiger partial charge in [-0.25, -0.2) is 0 Å². The van der Waals surface area contributed by atoms with E-state index >= 15 is 0 Å². The van der Waals surface area contributed by atoms with E-state index in [1.807, 2.05) is 49.1 Å². The summed E-state index contributed by atoms with van der Waals surface area (Å²) in [4.78, 5) is 21.9. The molecule has 2 aliphatic heterocycles. The van der Waals surface area contributed by atoms with Gasteiger partial charge in [-0.1, -0.05) is 0 Å². The zero-order chi connectivity index (χ0) is 27.6. The maximum atomic E-state index is 13.1. The van der Waals surface area contributed by atoms with Crippen LogP contribution >= 0.6 is 18.6 Å². The van der Waals surface area contributed by atoms with E-state index in [1.165, 1.54) is 4.90 Å². The molecule has 0 bridgehead atoms. The number of nitrogens with one attached hydrogen (secondary N) is 1. The van der Waals surface area contributed by atoms with Gasteiger partial charge in [0.25, 0.3) is 0 Å². The quantitative estimate of drug-likeness (QED) is 0.220. The molecule has 200 valence electrons. The van der Waals surface area contributed by atoms with Gasteiger partial charge < -0.3 is 0 Å². The van der Waals surface area contributed by atoms with Crippen molar-refractivity contribution in [3.05, 3.63) is 133 Å². The van der Waals surface area contributed by atoms with E-state index in [-0.39, 0.29) is 5.50 Å². The molecule has 1 unspecified atom stereocenters. The first-order chi connectivity index (χ1) is 20.0. The van der Waals surface area contributed by atoms with Crippen molar-refractivity contribution >= 4 is 62.5 Å². The number of nitrogens with zero attached hydrogens (tertiary/aromatic N) is 2. The third-order valence-corrected chi connectivity index (χ3v) is 14.3. The number of rotatable bonds is 4. The molecular weight excluding hydrogens is 541 g/mol. The molecule has 0 spiro atoms. The van der Waals surface area contributed by atoms with Crippen LogP contribution in [0.5, 0.6) is 0 Å². The van der Waals surface area contributed by atoms with E-state index < -0.39 is 6.83 Å². The Balaban J connectivity index is 1.35. The maximum absolute atomic E-state index is 13.1. The molecule has 5 aromatic carbocycles. The number of thioether (sulfide) groups is 1. The molecule has 0 saturated heterocycles. The first-order valence-corrected chi connectivity index (χ1v) is 17.3. The summed E-state index contributed by atoms with van der Waals surface area (Å²) in [6.45, 7) is -1.70. The zero-order valence-corrected chi connectivity index (χ0v) is 24.2. The van der Waals surface area contributed by atoms with Crippen LogP contribution in [-0.2, 0) is 0 Å². The van der Waals surface area contributed by atoms with Crippen molar-refractivity contribution in [2.75, 3.05) is 16.9 Å². The van der Waals surface area contributed by atoms with Gasteiger partial charge in [0.2, 0.25) is 0 Å². The van der Waals surface area contributed by atoms with Crippen LogP contribution in [0.4, 0.5) is 17.2 Å². The van der Waals surface area contributed by atoms with Crippen molar-refractivity contribution < 1.29 is 4.89 Å². The number of hydrogen-bond acceptors (Lipinski definition) is 5. The summed E-state index contributed by atoms with van der Waals surface area (Å²) < 4.78 is 0. The summed E-state index contributed by atoms with van der Waals surface area (Å²) in [5, 5.41) is 8.89. The summed E-state index contributed by atoms with van der Waals surface area (Å²) in [6, 6.07) is 45.7. The van der Waals surface area contributed by atoms with Gasteiger partial charge in [-0.15, -0.1) is 0 Å². The molecule has 41 heavy (non-hydrogen) atoms. The van der Waals surface area contributed by atoms with E-state index in [0.29, 0.717) is 0 Å². The summed E-state index contributed by atoms with van der Waals surface area (Å²) >= 11 is 1.79. The van der Waals surface area contributed by atoms with E-state index in [2.05, 4.69) is 101 Å². The number of anilines is 3. The monoisotopic (exact) mass is 569 g/mol. The van der Waals surface area contributed by atoms with Gasteiger partial charge in [-0.05, 0) is 0 Å².